The molecule has 0 amide bonds. The molecule has 100 valence electrons. The maximum Gasteiger partial charge on any atom is 0.137 e. The van der Waals surface area contributed by atoms with Crippen LogP contribution >= 0.6 is 15.9 Å². The third kappa shape index (κ3) is 3.33. The normalized spacial score (nSPS) is 12.2. The van der Waals surface area contributed by atoms with Crippen LogP contribution in [0.3, 0.4) is 0 Å². The monoisotopic (exact) mass is 320 g/mol. The topological polar surface area (TPSA) is 48.1 Å². The Morgan fingerprint density at radius 1 is 1.32 bits per heavy atom. The van der Waals surface area contributed by atoms with E-state index >= 15 is 0 Å². The van der Waals surface area contributed by atoms with Crippen molar-refractivity contribution in [1.82, 2.24) is 4.98 Å². The van der Waals surface area contributed by atoms with Gasteiger partial charge in [-0.3, -0.25) is 4.98 Å². The first-order chi connectivity index (χ1) is 9.11. The Morgan fingerprint density at radius 2 is 2.11 bits per heavy atom. The van der Waals surface area contributed by atoms with Gasteiger partial charge in [0.05, 0.1) is 18.8 Å². The van der Waals surface area contributed by atoms with E-state index in [1.165, 1.54) is 5.56 Å². The molecule has 0 aliphatic carbocycles. The van der Waals surface area contributed by atoms with Gasteiger partial charge in [-0.15, -0.1) is 0 Å². The molecule has 19 heavy (non-hydrogen) atoms. The van der Waals surface area contributed by atoms with Gasteiger partial charge >= 0.3 is 0 Å². The number of hydrogen-bond donors (Lipinski definition) is 1. The largest absolute Gasteiger partial charge is 0.492 e. The highest BCUT2D eigenvalue weighted by Crippen LogP contribution is 2.28. The molecule has 3 nitrogen and oxygen atoms in total. The van der Waals surface area contributed by atoms with Crippen LogP contribution in [0.15, 0.2) is 41.1 Å². The summed E-state index contributed by atoms with van der Waals surface area (Å²) in [6, 6.07) is 7.87. The van der Waals surface area contributed by atoms with E-state index in [1.54, 1.807) is 12.4 Å². The third-order valence-corrected chi connectivity index (χ3v) is 3.61. The number of ether oxygens (including phenoxy) is 1. The fourth-order valence-electron chi connectivity index (χ4n) is 1.93. The Hall–Kier alpha value is -1.39. The molecule has 1 aromatic carbocycles. The summed E-state index contributed by atoms with van der Waals surface area (Å²) < 4.78 is 6.46. The van der Waals surface area contributed by atoms with Crippen molar-refractivity contribution < 1.29 is 4.74 Å². The van der Waals surface area contributed by atoms with Crippen molar-refractivity contribution in [2.45, 2.75) is 19.9 Å². The quantitative estimate of drug-likeness (QED) is 0.936. The molecule has 1 atom stereocenters. The van der Waals surface area contributed by atoms with Crippen LogP contribution in [-0.4, -0.2) is 11.6 Å². The molecule has 1 aromatic heterocycles. The van der Waals surface area contributed by atoms with Crippen molar-refractivity contribution in [3.63, 3.8) is 0 Å². The molecule has 0 saturated carbocycles. The van der Waals surface area contributed by atoms with Crippen LogP contribution in [0.2, 0.25) is 0 Å². The van der Waals surface area contributed by atoms with Crippen molar-refractivity contribution in [1.29, 1.82) is 0 Å². The summed E-state index contributed by atoms with van der Waals surface area (Å²) in [5, 5.41) is 0. The minimum absolute atomic E-state index is 0.220. The lowest BCUT2D eigenvalue weighted by molar-refractivity contribution is 0.338. The maximum atomic E-state index is 6.33. The van der Waals surface area contributed by atoms with Crippen LogP contribution in [0, 0.1) is 6.92 Å². The van der Waals surface area contributed by atoms with Crippen molar-refractivity contribution in [3.8, 4) is 5.75 Å². The molecular weight excluding hydrogens is 304 g/mol. The summed E-state index contributed by atoms with van der Waals surface area (Å²) in [7, 11) is 0. The number of aromatic nitrogens is 1. The van der Waals surface area contributed by atoms with Crippen molar-refractivity contribution in [3.05, 3.63) is 57.8 Å². The molecule has 1 unspecified atom stereocenters. The second kappa shape index (κ2) is 6.17. The van der Waals surface area contributed by atoms with Crippen molar-refractivity contribution >= 4 is 15.9 Å². The second-order valence-corrected chi connectivity index (χ2v) is 5.24. The van der Waals surface area contributed by atoms with Crippen LogP contribution in [-0.2, 0) is 0 Å². The number of halogens is 1. The van der Waals surface area contributed by atoms with Gasteiger partial charge in [0.15, 0.2) is 0 Å². The predicted molar refractivity (Wildman–Crippen MR) is 80.3 cm³/mol. The molecule has 2 rings (SSSR count). The van der Waals surface area contributed by atoms with Crippen LogP contribution in [0.25, 0.3) is 0 Å². The predicted octanol–water partition coefficient (Wildman–Crippen LogP) is 3.60. The van der Waals surface area contributed by atoms with Crippen molar-refractivity contribution in [2.75, 3.05) is 6.61 Å². The highest BCUT2D eigenvalue weighted by Gasteiger charge is 2.13. The zero-order chi connectivity index (χ0) is 13.8. The minimum atomic E-state index is -0.220. The Labute approximate surface area is 121 Å². The first kappa shape index (κ1) is 14.0. The summed E-state index contributed by atoms with van der Waals surface area (Å²) in [5.74, 6) is 0.749. The summed E-state index contributed by atoms with van der Waals surface area (Å²) >= 11 is 3.55. The molecule has 0 aliphatic rings. The van der Waals surface area contributed by atoms with Crippen LogP contribution in [0.1, 0.15) is 29.7 Å². The molecule has 2 N–H and O–H groups in total. The third-order valence-electron chi connectivity index (χ3n) is 2.89. The van der Waals surface area contributed by atoms with E-state index in [0.717, 1.165) is 21.3 Å². The molecule has 4 heteroatoms. The number of aryl methyl sites for hydroxylation is 1. The summed E-state index contributed by atoms with van der Waals surface area (Å²) in [4.78, 5) is 4.18. The highest BCUT2D eigenvalue weighted by atomic mass is 79.9. The summed E-state index contributed by atoms with van der Waals surface area (Å²) in [6.07, 6.45) is 3.48. The molecule has 2 aromatic rings. The van der Waals surface area contributed by atoms with Gasteiger partial charge in [0.1, 0.15) is 5.75 Å². The lowest BCUT2D eigenvalue weighted by Crippen LogP contribution is -2.13. The summed E-state index contributed by atoms with van der Waals surface area (Å²) in [6.45, 7) is 4.62. The number of nitrogens with two attached hydrogens (primary N) is 1. The Bertz CT molecular complexity index is 572. The number of benzene rings is 1. The van der Waals surface area contributed by atoms with E-state index in [0.29, 0.717) is 6.61 Å². The first-order valence-electron chi connectivity index (χ1n) is 6.21. The Morgan fingerprint density at radius 3 is 2.84 bits per heavy atom. The number of hydrogen-bond acceptors (Lipinski definition) is 3. The number of pyridine rings is 1. The minimum Gasteiger partial charge on any atom is -0.492 e. The Kier molecular flexibility index (Phi) is 4.56. The molecule has 0 saturated heterocycles. The smallest absolute Gasteiger partial charge is 0.137 e. The van der Waals surface area contributed by atoms with Crippen LogP contribution in [0.5, 0.6) is 5.75 Å². The van der Waals surface area contributed by atoms with Crippen molar-refractivity contribution in [2.24, 2.45) is 5.73 Å². The SMILES string of the molecule is CCOc1cncc(C(N)c2cc(C)ccc2Br)c1. The number of rotatable bonds is 4. The van der Waals surface area contributed by atoms with E-state index < -0.39 is 0 Å². The standard InChI is InChI=1S/C15H17BrN2O/c1-3-19-12-7-11(8-18-9-12)15(17)13-6-10(2)4-5-14(13)16/h4-9,15H,3,17H2,1-2H3. The van der Waals surface area contributed by atoms with Crippen LogP contribution < -0.4 is 10.5 Å². The molecule has 0 fully saturated rings. The van der Waals surface area contributed by atoms with Gasteiger partial charge in [-0.1, -0.05) is 33.6 Å². The van der Waals surface area contributed by atoms with Gasteiger partial charge in [-0.25, -0.2) is 0 Å². The fraction of sp³-hybridized carbons (Fsp3) is 0.267. The van der Waals surface area contributed by atoms with Crippen LogP contribution in [0.4, 0.5) is 0 Å². The van der Waals surface area contributed by atoms with Gasteiger partial charge in [-0.05, 0) is 37.1 Å². The van der Waals surface area contributed by atoms with Gasteiger partial charge in [0.25, 0.3) is 0 Å². The number of nitrogens with zero attached hydrogens (tertiary/aromatic N) is 1. The zero-order valence-corrected chi connectivity index (χ0v) is 12.6. The fourth-order valence-corrected chi connectivity index (χ4v) is 2.43. The molecule has 0 radical (unpaired) electrons. The van der Waals surface area contributed by atoms with Gasteiger partial charge in [0.2, 0.25) is 0 Å². The second-order valence-electron chi connectivity index (χ2n) is 4.39. The molecule has 0 bridgehead atoms. The summed E-state index contributed by atoms with van der Waals surface area (Å²) in [5.41, 5.74) is 9.50. The molecule has 0 aliphatic heterocycles. The van der Waals surface area contributed by atoms with E-state index in [-0.39, 0.29) is 6.04 Å². The van der Waals surface area contributed by atoms with E-state index in [4.69, 9.17) is 10.5 Å². The maximum absolute atomic E-state index is 6.33. The van der Waals surface area contributed by atoms with Gasteiger partial charge in [0, 0.05) is 10.7 Å². The van der Waals surface area contributed by atoms with E-state index in [2.05, 4.69) is 40.0 Å². The average molecular weight is 321 g/mol. The first-order valence-corrected chi connectivity index (χ1v) is 7.00. The highest BCUT2D eigenvalue weighted by molar-refractivity contribution is 9.10. The van der Waals surface area contributed by atoms with E-state index in [1.807, 2.05) is 19.1 Å². The Balaban J connectivity index is 2.35. The van der Waals surface area contributed by atoms with E-state index in [9.17, 15) is 0 Å². The molecule has 0 spiro atoms. The lowest BCUT2D eigenvalue weighted by Gasteiger charge is -2.15. The zero-order valence-electron chi connectivity index (χ0n) is 11.1. The molecule has 1 heterocycles. The molecular formula is C15H17BrN2O. The average Bonchev–Trinajstić information content (AvgIpc) is 2.41. The van der Waals surface area contributed by atoms with Gasteiger partial charge in [-0.2, -0.15) is 0 Å². The lowest BCUT2D eigenvalue weighted by atomic mass is 9.99. The van der Waals surface area contributed by atoms with Gasteiger partial charge < -0.3 is 10.5 Å².